The molecule has 4 atom stereocenters. The lowest BCUT2D eigenvalue weighted by Gasteiger charge is -2.49. The monoisotopic (exact) mass is 725 g/mol. The van der Waals surface area contributed by atoms with Gasteiger partial charge in [-0.1, -0.05) is 66.5 Å². The number of ether oxygens (including phenoxy) is 1. The lowest BCUT2D eigenvalue weighted by molar-refractivity contribution is -0.181. The molecule has 1 aliphatic carbocycles. The quantitative estimate of drug-likeness (QED) is 0.265. The summed E-state index contributed by atoms with van der Waals surface area (Å²) < 4.78 is 75.8. The standard InChI is InChI=1S/C32H34Cl2FN3O7S2/c1-3-24(19-37(47(43,44)25-15-16-25)27-10-5-4-9-26(27)35)38-30(20-11-13-22(33)14-12-20)31(21-7-6-8-23(34)17-21)45-28(32(38)40)18-29(39)36-46(2,41)42/h4-14,17,24-25,28,30-31H,3,15-16,18-19H2,1-2H3,(H,36,39)/t24-,28-,30+,31+/m0/s1. The summed E-state index contributed by atoms with van der Waals surface area (Å²) >= 11 is 12.6. The zero-order valence-electron chi connectivity index (χ0n) is 25.6. The molecule has 1 N–H and O–H groups in total. The molecule has 5 rings (SSSR count). The number of anilines is 1. The topological polar surface area (TPSA) is 130 Å². The molecule has 15 heteroatoms. The third-order valence-corrected chi connectivity index (χ3v) is 11.5. The Labute approximate surface area is 283 Å². The van der Waals surface area contributed by atoms with Gasteiger partial charge in [0.15, 0.2) is 0 Å². The SMILES string of the molecule is CC[C@@H](CN(c1ccccc1F)S(=O)(=O)C1CC1)N1C(=O)[C@H](CC(=O)NS(C)(=O)=O)O[C@H](c2cccc(Cl)c2)[C@H]1c1ccc(Cl)cc1. The molecule has 3 aromatic rings. The van der Waals surface area contributed by atoms with E-state index >= 15 is 4.39 Å². The third-order valence-electron chi connectivity index (χ3n) is 8.10. The van der Waals surface area contributed by atoms with Crippen LogP contribution in [0.2, 0.25) is 10.0 Å². The number of nitrogens with one attached hydrogen (secondary N) is 1. The highest BCUT2D eigenvalue weighted by Crippen LogP contribution is 2.45. The van der Waals surface area contributed by atoms with Crippen LogP contribution in [0.15, 0.2) is 72.8 Å². The number of hydrogen-bond donors (Lipinski definition) is 1. The van der Waals surface area contributed by atoms with Crippen LogP contribution >= 0.6 is 23.2 Å². The molecule has 0 bridgehead atoms. The largest absolute Gasteiger partial charge is 0.357 e. The van der Waals surface area contributed by atoms with Crippen molar-refractivity contribution in [2.24, 2.45) is 0 Å². The van der Waals surface area contributed by atoms with Gasteiger partial charge in [0.25, 0.3) is 5.91 Å². The molecule has 3 aromatic carbocycles. The van der Waals surface area contributed by atoms with Crippen molar-refractivity contribution in [2.45, 2.75) is 62.1 Å². The Morgan fingerprint density at radius 3 is 2.28 bits per heavy atom. The smallest absolute Gasteiger partial charge is 0.253 e. The number of nitrogens with zero attached hydrogens (tertiary/aromatic N) is 2. The molecule has 1 saturated carbocycles. The van der Waals surface area contributed by atoms with Crippen molar-refractivity contribution < 1.29 is 35.6 Å². The molecule has 252 valence electrons. The first kappa shape index (κ1) is 35.1. The van der Waals surface area contributed by atoms with Gasteiger partial charge in [-0.25, -0.2) is 21.2 Å². The summed E-state index contributed by atoms with van der Waals surface area (Å²) in [5.41, 5.74) is 1.000. The zero-order valence-corrected chi connectivity index (χ0v) is 28.7. The fourth-order valence-corrected chi connectivity index (χ4v) is 8.52. The number of morpholine rings is 1. The van der Waals surface area contributed by atoms with Crippen LogP contribution in [0.25, 0.3) is 0 Å². The number of carbonyl (C=O) groups excluding carboxylic acids is 2. The molecule has 0 unspecified atom stereocenters. The van der Waals surface area contributed by atoms with Gasteiger partial charge >= 0.3 is 0 Å². The predicted molar refractivity (Wildman–Crippen MR) is 177 cm³/mol. The minimum Gasteiger partial charge on any atom is -0.357 e. The van der Waals surface area contributed by atoms with Gasteiger partial charge in [0.1, 0.15) is 18.0 Å². The van der Waals surface area contributed by atoms with E-state index < -0.39 is 73.6 Å². The molecular formula is C32H34Cl2FN3O7S2. The number of halogens is 3. The Hall–Kier alpha value is -3.23. The van der Waals surface area contributed by atoms with Gasteiger partial charge in [-0.2, -0.15) is 0 Å². The Balaban J connectivity index is 1.65. The van der Waals surface area contributed by atoms with Crippen LogP contribution in [0.5, 0.6) is 0 Å². The molecule has 1 saturated heterocycles. The van der Waals surface area contributed by atoms with Gasteiger partial charge in [-0.3, -0.25) is 18.6 Å². The molecule has 10 nitrogen and oxygen atoms in total. The summed E-state index contributed by atoms with van der Waals surface area (Å²) in [6.45, 7) is 1.48. The van der Waals surface area contributed by atoms with E-state index in [1.807, 2.05) is 4.72 Å². The van der Waals surface area contributed by atoms with E-state index in [-0.39, 0.29) is 18.7 Å². The van der Waals surface area contributed by atoms with Crippen molar-refractivity contribution in [3.63, 3.8) is 0 Å². The van der Waals surface area contributed by atoms with Crippen molar-refractivity contribution >= 4 is 60.8 Å². The van der Waals surface area contributed by atoms with Gasteiger partial charge in [0.2, 0.25) is 26.0 Å². The number of para-hydroxylation sites is 1. The van der Waals surface area contributed by atoms with E-state index in [0.717, 1.165) is 10.6 Å². The molecule has 47 heavy (non-hydrogen) atoms. The van der Waals surface area contributed by atoms with Crippen LogP contribution < -0.4 is 9.03 Å². The first-order valence-electron chi connectivity index (χ1n) is 14.9. The summed E-state index contributed by atoms with van der Waals surface area (Å²) in [5.74, 6) is -2.37. The average molecular weight is 727 g/mol. The zero-order chi connectivity index (χ0) is 34.1. The lowest BCUT2D eigenvalue weighted by atomic mass is 9.89. The maximum Gasteiger partial charge on any atom is 0.253 e. The second-order valence-electron chi connectivity index (χ2n) is 11.6. The molecule has 2 aliphatic rings. The van der Waals surface area contributed by atoms with Gasteiger partial charge in [0.05, 0.1) is 42.2 Å². The second-order valence-corrected chi connectivity index (χ2v) is 16.4. The van der Waals surface area contributed by atoms with Crippen LogP contribution in [0.3, 0.4) is 0 Å². The number of sulfonamides is 2. The molecule has 2 amide bonds. The lowest BCUT2D eigenvalue weighted by Crippen LogP contribution is -2.58. The van der Waals surface area contributed by atoms with E-state index in [9.17, 15) is 26.4 Å². The summed E-state index contributed by atoms with van der Waals surface area (Å²) in [6, 6.07) is 17.3. The maximum absolute atomic E-state index is 15.2. The van der Waals surface area contributed by atoms with Crippen LogP contribution in [0, 0.1) is 5.82 Å². The second kappa shape index (κ2) is 14.1. The van der Waals surface area contributed by atoms with Crippen LogP contribution in [-0.2, 0) is 34.4 Å². The van der Waals surface area contributed by atoms with E-state index in [1.54, 1.807) is 55.5 Å². The van der Waals surface area contributed by atoms with Crippen LogP contribution in [0.4, 0.5) is 10.1 Å². The van der Waals surface area contributed by atoms with Crippen LogP contribution in [0.1, 0.15) is 55.9 Å². The molecule has 0 aromatic heterocycles. The van der Waals surface area contributed by atoms with Crippen molar-refractivity contribution in [1.82, 2.24) is 9.62 Å². The van der Waals surface area contributed by atoms with Crippen LogP contribution in [-0.4, -0.2) is 63.7 Å². The maximum atomic E-state index is 15.2. The van der Waals surface area contributed by atoms with Gasteiger partial charge < -0.3 is 9.64 Å². The first-order chi connectivity index (χ1) is 22.2. The predicted octanol–water partition coefficient (Wildman–Crippen LogP) is 5.39. The van der Waals surface area contributed by atoms with E-state index in [2.05, 4.69) is 0 Å². The summed E-state index contributed by atoms with van der Waals surface area (Å²) in [6.07, 6.45) is -1.13. The van der Waals surface area contributed by atoms with E-state index in [1.165, 1.54) is 29.2 Å². The van der Waals surface area contributed by atoms with Gasteiger partial charge in [0, 0.05) is 10.0 Å². The highest BCUT2D eigenvalue weighted by molar-refractivity contribution is 7.93. The summed E-state index contributed by atoms with van der Waals surface area (Å²) in [7, 11) is -7.96. The average Bonchev–Trinajstić information content (AvgIpc) is 3.86. The molecule has 2 fully saturated rings. The molecule has 1 heterocycles. The Bertz CT molecular complexity index is 1860. The highest BCUT2D eigenvalue weighted by Gasteiger charge is 2.49. The Kier molecular flexibility index (Phi) is 10.5. The molecular weight excluding hydrogens is 692 g/mol. The Morgan fingerprint density at radius 1 is 1.00 bits per heavy atom. The van der Waals surface area contributed by atoms with Crippen molar-refractivity contribution in [2.75, 3.05) is 17.1 Å². The minimum atomic E-state index is -4.02. The van der Waals surface area contributed by atoms with Crippen molar-refractivity contribution in [1.29, 1.82) is 0 Å². The van der Waals surface area contributed by atoms with Gasteiger partial charge in [-0.05, 0) is 66.8 Å². The fraction of sp³-hybridized carbons (Fsp3) is 0.375. The highest BCUT2D eigenvalue weighted by atomic mass is 35.5. The van der Waals surface area contributed by atoms with E-state index in [0.29, 0.717) is 34.0 Å². The van der Waals surface area contributed by atoms with E-state index in [4.69, 9.17) is 27.9 Å². The van der Waals surface area contributed by atoms with Crippen molar-refractivity contribution in [3.8, 4) is 0 Å². The number of rotatable bonds is 12. The summed E-state index contributed by atoms with van der Waals surface area (Å²) in [4.78, 5) is 28.8. The number of hydrogen-bond acceptors (Lipinski definition) is 7. The number of amides is 2. The number of carbonyl (C=O) groups is 2. The number of benzene rings is 3. The minimum absolute atomic E-state index is 0.142. The molecule has 0 spiro atoms. The molecule has 1 aliphatic heterocycles. The third kappa shape index (κ3) is 8.09. The Morgan fingerprint density at radius 2 is 1.68 bits per heavy atom. The first-order valence-corrected chi connectivity index (χ1v) is 19.1. The summed E-state index contributed by atoms with van der Waals surface area (Å²) in [5, 5.41) is 0.133. The van der Waals surface area contributed by atoms with Crippen molar-refractivity contribution in [3.05, 3.63) is 99.8 Å². The normalized spacial score (nSPS) is 20.9. The fourth-order valence-electron chi connectivity index (χ4n) is 5.80. The molecule has 0 radical (unpaired) electrons. The van der Waals surface area contributed by atoms with Gasteiger partial charge in [-0.15, -0.1) is 0 Å².